The van der Waals surface area contributed by atoms with Gasteiger partial charge in [-0.05, 0) is 49.5 Å². The summed E-state index contributed by atoms with van der Waals surface area (Å²) in [5.41, 5.74) is 0.948. The average molecular weight is 447 g/mol. The monoisotopic (exact) mass is 446 g/mol. The number of rotatable bonds is 8. The summed E-state index contributed by atoms with van der Waals surface area (Å²) in [6.45, 7) is 2.44. The number of unbranched alkanes of at least 4 members (excludes halogenated alkanes) is 2. The highest BCUT2D eigenvalue weighted by Gasteiger charge is 2.31. The molecule has 1 aromatic rings. The second kappa shape index (κ2) is 11.5. The smallest absolute Gasteiger partial charge is 0.266 e. The van der Waals surface area contributed by atoms with Crippen LogP contribution >= 0.6 is 24.0 Å². The molecule has 162 valence electrons. The quantitative estimate of drug-likeness (QED) is 0.324. The lowest BCUT2D eigenvalue weighted by atomic mass is 10.1. The van der Waals surface area contributed by atoms with Gasteiger partial charge in [-0.15, -0.1) is 0 Å². The maximum Gasteiger partial charge on any atom is 0.266 e. The number of hydrogen-bond donors (Lipinski definition) is 0. The number of methoxy groups -OCH3 is 1. The lowest BCUT2D eigenvalue weighted by Crippen LogP contribution is -2.31. The van der Waals surface area contributed by atoms with Crippen molar-refractivity contribution in [2.75, 3.05) is 26.7 Å². The van der Waals surface area contributed by atoms with E-state index in [1.54, 1.807) is 12.0 Å². The van der Waals surface area contributed by atoms with Gasteiger partial charge >= 0.3 is 0 Å². The summed E-state index contributed by atoms with van der Waals surface area (Å²) in [5, 5.41) is 0. The number of thioether (sulfide) groups is 1. The number of amides is 2. The number of carbonyl (C=O) groups is 2. The van der Waals surface area contributed by atoms with Crippen molar-refractivity contribution in [1.29, 1.82) is 0 Å². The number of likely N-dealkylation sites (tertiary alicyclic amines) is 1. The molecule has 7 heteroatoms. The number of benzene rings is 1. The van der Waals surface area contributed by atoms with Gasteiger partial charge in [-0.1, -0.05) is 55.4 Å². The van der Waals surface area contributed by atoms with Crippen LogP contribution in [0.3, 0.4) is 0 Å². The molecule has 0 radical (unpaired) electrons. The normalized spacial score (nSPS) is 18.8. The van der Waals surface area contributed by atoms with E-state index in [1.807, 2.05) is 35.2 Å². The van der Waals surface area contributed by atoms with Gasteiger partial charge in [0.2, 0.25) is 5.91 Å². The summed E-state index contributed by atoms with van der Waals surface area (Å²) in [6, 6.07) is 7.60. The van der Waals surface area contributed by atoms with Gasteiger partial charge in [0, 0.05) is 26.1 Å². The number of hydrogen-bond acceptors (Lipinski definition) is 5. The molecule has 2 heterocycles. The van der Waals surface area contributed by atoms with Crippen LogP contribution in [0.15, 0.2) is 29.2 Å². The van der Waals surface area contributed by atoms with Gasteiger partial charge in [0.15, 0.2) is 0 Å². The zero-order valence-corrected chi connectivity index (χ0v) is 19.2. The molecule has 2 aliphatic rings. The Morgan fingerprint density at radius 3 is 2.47 bits per heavy atom. The van der Waals surface area contributed by atoms with E-state index in [9.17, 15) is 9.59 Å². The van der Waals surface area contributed by atoms with Gasteiger partial charge < -0.3 is 9.64 Å². The fourth-order valence-corrected chi connectivity index (χ4v) is 5.05. The first-order chi connectivity index (χ1) is 14.6. The Bertz CT molecular complexity index is 784. The molecule has 2 saturated heterocycles. The average Bonchev–Trinajstić information content (AvgIpc) is 2.95. The zero-order valence-electron chi connectivity index (χ0n) is 17.6. The summed E-state index contributed by atoms with van der Waals surface area (Å²) in [7, 11) is 1.63. The van der Waals surface area contributed by atoms with Crippen molar-refractivity contribution in [3.05, 3.63) is 34.7 Å². The third-order valence-corrected chi connectivity index (χ3v) is 6.90. The van der Waals surface area contributed by atoms with Crippen LogP contribution in [0.4, 0.5) is 0 Å². The van der Waals surface area contributed by atoms with Crippen LogP contribution in [0, 0.1) is 0 Å². The van der Waals surface area contributed by atoms with Crippen LogP contribution in [0.25, 0.3) is 6.08 Å². The molecule has 0 atom stereocenters. The highest BCUT2D eigenvalue weighted by molar-refractivity contribution is 8.26. The van der Waals surface area contributed by atoms with Crippen LogP contribution in [0.1, 0.15) is 56.9 Å². The minimum absolute atomic E-state index is 0.0264. The number of nitrogens with zero attached hydrogens (tertiary/aromatic N) is 2. The van der Waals surface area contributed by atoms with E-state index in [0.717, 1.165) is 56.5 Å². The molecule has 30 heavy (non-hydrogen) atoms. The predicted molar refractivity (Wildman–Crippen MR) is 126 cm³/mol. The van der Waals surface area contributed by atoms with Crippen molar-refractivity contribution in [3.63, 3.8) is 0 Å². The molecule has 2 aliphatic heterocycles. The molecule has 5 nitrogen and oxygen atoms in total. The fourth-order valence-electron chi connectivity index (χ4n) is 3.75. The van der Waals surface area contributed by atoms with Gasteiger partial charge in [0.05, 0.1) is 12.0 Å². The molecule has 0 aliphatic carbocycles. The maximum absolute atomic E-state index is 12.7. The Kier molecular flexibility index (Phi) is 8.75. The van der Waals surface area contributed by atoms with Crippen molar-refractivity contribution in [2.45, 2.75) is 51.4 Å². The largest absolute Gasteiger partial charge is 0.497 e. The Labute approximate surface area is 188 Å². The highest BCUT2D eigenvalue weighted by atomic mass is 32.2. The van der Waals surface area contributed by atoms with Crippen LogP contribution < -0.4 is 4.74 Å². The molecule has 0 bridgehead atoms. The molecule has 0 aromatic heterocycles. The van der Waals surface area contributed by atoms with E-state index in [-0.39, 0.29) is 11.8 Å². The fraction of sp³-hybridized carbons (Fsp3) is 0.522. The minimum Gasteiger partial charge on any atom is -0.497 e. The first-order valence-electron chi connectivity index (χ1n) is 10.8. The summed E-state index contributed by atoms with van der Waals surface area (Å²) >= 11 is 6.77. The molecule has 1 aromatic carbocycles. The van der Waals surface area contributed by atoms with E-state index in [0.29, 0.717) is 22.2 Å². The molecule has 0 unspecified atom stereocenters. The van der Waals surface area contributed by atoms with Crippen molar-refractivity contribution < 1.29 is 14.3 Å². The third kappa shape index (κ3) is 6.32. The van der Waals surface area contributed by atoms with Crippen molar-refractivity contribution >= 4 is 46.2 Å². The number of carbonyl (C=O) groups excluding carboxylic acids is 2. The van der Waals surface area contributed by atoms with Gasteiger partial charge in [0.25, 0.3) is 5.91 Å². The molecule has 0 spiro atoms. The second-order valence-electron chi connectivity index (χ2n) is 7.71. The molecule has 3 rings (SSSR count). The van der Waals surface area contributed by atoms with Crippen molar-refractivity contribution in [3.8, 4) is 5.75 Å². The van der Waals surface area contributed by atoms with Crippen LogP contribution in [-0.4, -0.2) is 52.7 Å². The van der Waals surface area contributed by atoms with Crippen LogP contribution in [0.2, 0.25) is 0 Å². The zero-order chi connectivity index (χ0) is 21.3. The Balaban J connectivity index is 1.42. The second-order valence-corrected chi connectivity index (χ2v) is 9.39. The van der Waals surface area contributed by atoms with Gasteiger partial charge in [-0.25, -0.2) is 0 Å². The first kappa shape index (κ1) is 22.8. The Morgan fingerprint density at radius 2 is 1.80 bits per heavy atom. The molecule has 0 N–H and O–H groups in total. The standard InChI is InChI=1S/C23H30N2O3S2/c1-28-19-12-10-18(11-13-19)17-20-22(27)25(23(29)30-20)16-8-4-5-9-21(26)24-14-6-2-3-7-15-24/h10-13,17H,2-9,14-16H2,1H3. The van der Waals surface area contributed by atoms with Gasteiger partial charge in [0.1, 0.15) is 10.1 Å². The van der Waals surface area contributed by atoms with Gasteiger partial charge in [-0.3, -0.25) is 14.5 Å². The maximum atomic E-state index is 12.7. The van der Waals surface area contributed by atoms with E-state index in [1.165, 1.54) is 24.6 Å². The molecule has 2 amide bonds. The topological polar surface area (TPSA) is 49.9 Å². The minimum atomic E-state index is -0.0264. The Hall–Kier alpha value is -1.86. The summed E-state index contributed by atoms with van der Waals surface area (Å²) in [5.74, 6) is 1.04. The van der Waals surface area contributed by atoms with Crippen molar-refractivity contribution in [2.24, 2.45) is 0 Å². The lowest BCUT2D eigenvalue weighted by molar-refractivity contribution is -0.131. The first-order valence-corrected chi connectivity index (χ1v) is 12.0. The number of ether oxygens (including phenoxy) is 1. The summed E-state index contributed by atoms with van der Waals surface area (Å²) in [6.07, 6.45) is 9.86. The lowest BCUT2D eigenvalue weighted by Gasteiger charge is -2.20. The predicted octanol–water partition coefficient (Wildman–Crippen LogP) is 4.86. The van der Waals surface area contributed by atoms with E-state index >= 15 is 0 Å². The van der Waals surface area contributed by atoms with Crippen LogP contribution in [0.5, 0.6) is 5.75 Å². The summed E-state index contributed by atoms with van der Waals surface area (Å²) < 4.78 is 5.78. The summed E-state index contributed by atoms with van der Waals surface area (Å²) in [4.78, 5) is 29.4. The third-order valence-electron chi connectivity index (χ3n) is 5.52. The number of thiocarbonyl (C=S) groups is 1. The molecular weight excluding hydrogens is 416 g/mol. The van der Waals surface area contributed by atoms with E-state index in [2.05, 4.69) is 0 Å². The van der Waals surface area contributed by atoms with E-state index in [4.69, 9.17) is 17.0 Å². The molecule has 2 fully saturated rings. The molecule has 0 saturated carbocycles. The SMILES string of the molecule is COc1ccc(C=C2SC(=S)N(CCCCCC(=O)N3CCCCCC3)C2=O)cc1. The van der Waals surface area contributed by atoms with Crippen molar-refractivity contribution in [1.82, 2.24) is 9.80 Å². The molecular formula is C23H30N2O3S2. The Morgan fingerprint density at radius 1 is 1.10 bits per heavy atom. The van der Waals surface area contributed by atoms with Crippen LogP contribution in [-0.2, 0) is 9.59 Å². The highest BCUT2D eigenvalue weighted by Crippen LogP contribution is 2.33. The van der Waals surface area contributed by atoms with Gasteiger partial charge in [-0.2, -0.15) is 0 Å². The van der Waals surface area contributed by atoms with E-state index < -0.39 is 0 Å².